The van der Waals surface area contributed by atoms with E-state index in [0.717, 1.165) is 44.7 Å². The van der Waals surface area contributed by atoms with Crippen molar-refractivity contribution < 1.29 is 9.59 Å². The summed E-state index contributed by atoms with van der Waals surface area (Å²) in [5, 5.41) is 1.80. The molecule has 2 aliphatic heterocycles. The quantitative estimate of drug-likeness (QED) is 0.808. The van der Waals surface area contributed by atoms with Gasteiger partial charge in [0.2, 0.25) is 5.91 Å². The summed E-state index contributed by atoms with van der Waals surface area (Å²) in [6, 6.07) is 0. The highest BCUT2D eigenvalue weighted by Crippen LogP contribution is 2.41. The van der Waals surface area contributed by atoms with E-state index >= 15 is 0 Å². The number of carbonyl (C=O) groups is 2. The normalized spacial score (nSPS) is 27.5. The molecule has 0 radical (unpaired) electrons. The Labute approximate surface area is 159 Å². The van der Waals surface area contributed by atoms with Gasteiger partial charge in [-0.2, -0.15) is 0 Å². The first-order valence-corrected chi connectivity index (χ1v) is 11.1. The smallest absolute Gasteiger partial charge is 0.273 e. The average Bonchev–Trinajstić information content (AvgIpc) is 3.34. The van der Waals surface area contributed by atoms with Crippen molar-refractivity contribution in [3.8, 4) is 0 Å². The standard InChI is InChI=1S/C20H29N3O2S/c24-18(17-13-26-15-21-17)23-12-9-20(14-23)8-4-10-22(19(20)25)11-7-16-5-2-1-3-6-16/h13,15-16H,1-12,14H2/t20-/m1/s1. The summed E-state index contributed by atoms with van der Waals surface area (Å²) in [6.45, 7) is 3.05. The number of rotatable bonds is 4. The lowest BCUT2D eigenvalue weighted by Crippen LogP contribution is -2.50. The lowest BCUT2D eigenvalue weighted by molar-refractivity contribution is -0.145. The first kappa shape index (κ1) is 18.0. The number of aromatic nitrogens is 1. The summed E-state index contributed by atoms with van der Waals surface area (Å²) in [5.74, 6) is 1.09. The van der Waals surface area contributed by atoms with Gasteiger partial charge in [-0.1, -0.05) is 32.1 Å². The average molecular weight is 376 g/mol. The molecule has 0 N–H and O–H groups in total. The molecule has 3 fully saturated rings. The van der Waals surface area contributed by atoms with Crippen LogP contribution in [0.3, 0.4) is 0 Å². The van der Waals surface area contributed by atoms with Crippen LogP contribution in [0.5, 0.6) is 0 Å². The summed E-state index contributed by atoms with van der Waals surface area (Å²) in [4.78, 5) is 33.9. The van der Waals surface area contributed by atoms with E-state index in [-0.39, 0.29) is 11.3 Å². The van der Waals surface area contributed by atoms with Crippen LogP contribution in [0, 0.1) is 11.3 Å². The number of amides is 2. The summed E-state index contributed by atoms with van der Waals surface area (Å²) in [5.41, 5.74) is 1.87. The molecule has 3 heterocycles. The third kappa shape index (κ3) is 3.53. The van der Waals surface area contributed by atoms with Crippen LogP contribution in [0.25, 0.3) is 0 Å². The lowest BCUT2D eigenvalue weighted by Gasteiger charge is -2.40. The zero-order valence-corrected chi connectivity index (χ0v) is 16.3. The Morgan fingerprint density at radius 2 is 2.04 bits per heavy atom. The fraction of sp³-hybridized carbons (Fsp3) is 0.750. The molecule has 1 saturated carbocycles. The fourth-order valence-electron chi connectivity index (χ4n) is 5.08. The molecule has 1 spiro atoms. The third-order valence-electron chi connectivity index (χ3n) is 6.65. The van der Waals surface area contributed by atoms with Gasteiger partial charge in [-0.05, 0) is 31.6 Å². The molecule has 0 unspecified atom stereocenters. The molecule has 5 nitrogen and oxygen atoms in total. The molecular formula is C20H29N3O2S. The van der Waals surface area contributed by atoms with Gasteiger partial charge in [0, 0.05) is 31.6 Å². The number of likely N-dealkylation sites (tertiary alicyclic amines) is 2. The Bertz CT molecular complexity index is 641. The summed E-state index contributed by atoms with van der Waals surface area (Å²) in [7, 11) is 0. The largest absolute Gasteiger partial charge is 0.342 e. The highest BCUT2D eigenvalue weighted by molar-refractivity contribution is 7.07. The molecule has 1 atom stereocenters. The molecule has 1 aliphatic carbocycles. The highest BCUT2D eigenvalue weighted by Gasteiger charge is 2.49. The van der Waals surface area contributed by atoms with E-state index in [9.17, 15) is 9.59 Å². The van der Waals surface area contributed by atoms with E-state index in [1.165, 1.54) is 43.4 Å². The minimum Gasteiger partial charge on any atom is -0.342 e. The van der Waals surface area contributed by atoms with Crippen LogP contribution in [-0.4, -0.2) is 52.8 Å². The Hall–Kier alpha value is -1.43. The Balaban J connectivity index is 1.37. The van der Waals surface area contributed by atoms with Crippen molar-refractivity contribution in [2.45, 2.75) is 57.8 Å². The molecule has 1 aromatic rings. The summed E-state index contributed by atoms with van der Waals surface area (Å²) in [6.07, 6.45) is 10.7. The minimum absolute atomic E-state index is 0.0183. The van der Waals surface area contributed by atoms with Crippen LogP contribution in [0.1, 0.15) is 68.3 Å². The SMILES string of the molecule is O=C(c1cscn1)N1CC[C@]2(CCCN(CCC3CCCCC3)C2=O)C1. The first-order chi connectivity index (χ1) is 12.7. The number of hydrogen-bond acceptors (Lipinski definition) is 4. The molecule has 2 amide bonds. The third-order valence-corrected chi connectivity index (χ3v) is 7.24. The van der Waals surface area contributed by atoms with Crippen molar-refractivity contribution in [2.75, 3.05) is 26.2 Å². The topological polar surface area (TPSA) is 53.5 Å². The van der Waals surface area contributed by atoms with Gasteiger partial charge in [0.1, 0.15) is 5.69 Å². The molecule has 4 rings (SSSR count). The van der Waals surface area contributed by atoms with E-state index in [2.05, 4.69) is 9.88 Å². The zero-order valence-electron chi connectivity index (χ0n) is 15.5. The van der Waals surface area contributed by atoms with Crippen molar-refractivity contribution in [1.82, 2.24) is 14.8 Å². The molecule has 0 aromatic carbocycles. The Morgan fingerprint density at radius 1 is 1.19 bits per heavy atom. The molecule has 6 heteroatoms. The second-order valence-corrected chi connectivity index (χ2v) is 9.04. The van der Waals surface area contributed by atoms with E-state index in [0.29, 0.717) is 24.7 Å². The van der Waals surface area contributed by atoms with Gasteiger partial charge in [0.15, 0.2) is 0 Å². The van der Waals surface area contributed by atoms with E-state index in [1.54, 1.807) is 10.9 Å². The Kier molecular flexibility index (Phi) is 5.30. The van der Waals surface area contributed by atoms with E-state index in [1.807, 2.05) is 4.90 Å². The highest BCUT2D eigenvalue weighted by atomic mass is 32.1. The number of nitrogens with zero attached hydrogens (tertiary/aromatic N) is 3. The van der Waals surface area contributed by atoms with Crippen LogP contribution in [-0.2, 0) is 4.79 Å². The monoisotopic (exact) mass is 375 g/mol. The van der Waals surface area contributed by atoms with Crippen LogP contribution < -0.4 is 0 Å². The number of thiazole rings is 1. The first-order valence-electron chi connectivity index (χ1n) is 10.1. The predicted octanol–water partition coefficient (Wildman–Crippen LogP) is 3.57. The van der Waals surface area contributed by atoms with Gasteiger partial charge >= 0.3 is 0 Å². The predicted molar refractivity (Wildman–Crippen MR) is 102 cm³/mol. The maximum atomic E-state index is 13.3. The number of carbonyl (C=O) groups excluding carboxylic acids is 2. The van der Waals surface area contributed by atoms with Gasteiger partial charge in [0.05, 0.1) is 10.9 Å². The lowest BCUT2D eigenvalue weighted by atomic mass is 9.78. The van der Waals surface area contributed by atoms with Crippen LogP contribution in [0.2, 0.25) is 0 Å². The molecule has 0 bridgehead atoms. The van der Waals surface area contributed by atoms with Crippen molar-refractivity contribution in [2.24, 2.45) is 11.3 Å². The summed E-state index contributed by atoms with van der Waals surface area (Å²) >= 11 is 1.44. The van der Waals surface area contributed by atoms with Crippen molar-refractivity contribution in [3.63, 3.8) is 0 Å². The summed E-state index contributed by atoms with van der Waals surface area (Å²) < 4.78 is 0. The maximum absolute atomic E-state index is 13.3. The van der Waals surface area contributed by atoms with Crippen LogP contribution in [0.15, 0.2) is 10.9 Å². The molecule has 2 saturated heterocycles. The molecule has 142 valence electrons. The van der Waals surface area contributed by atoms with E-state index in [4.69, 9.17) is 0 Å². The molecular weight excluding hydrogens is 346 g/mol. The van der Waals surface area contributed by atoms with Crippen molar-refractivity contribution in [3.05, 3.63) is 16.6 Å². The van der Waals surface area contributed by atoms with Crippen molar-refractivity contribution in [1.29, 1.82) is 0 Å². The molecule has 26 heavy (non-hydrogen) atoms. The minimum atomic E-state index is -0.337. The van der Waals surface area contributed by atoms with Crippen LogP contribution in [0.4, 0.5) is 0 Å². The number of hydrogen-bond donors (Lipinski definition) is 0. The number of piperidine rings is 1. The molecule has 1 aromatic heterocycles. The Morgan fingerprint density at radius 3 is 2.81 bits per heavy atom. The van der Waals surface area contributed by atoms with Gasteiger partial charge in [-0.25, -0.2) is 4.98 Å². The van der Waals surface area contributed by atoms with Gasteiger partial charge < -0.3 is 9.80 Å². The van der Waals surface area contributed by atoms with E-state index < -0.39 is 0 Å². The zero-order chi connectivity index (χ0) is 18.0. The second-order valence-electron chi connectivity index (χ2n) is 8.32. The fourth-order valence-corrected chi connectivity index (χ4v) is 5.61. The molecule has 3 aliphatic rings. The van der Waals surface area contributed by atoms with Gasteiger partial charge in [-0.3, -0.25) is 9.59 Å². The second kappa shape index (κ2) is 7.67. The van der Waals surface area contributed by atoms with Crippen molar-refractivity contribution >= 4 is 23.2 Å². The van der Waals surface area contributed by atoms with Gasteiger partial charge in [-0.15, -0.1) is 11.3 Å². The van der Waals surface area contributed by atoms with Crippen LogP contribution >= 0.6 is 11.3 Å². The maximum Gasteiger partial charge on any atom is 0.273 e. The van der Waals surface area contributed by atoms with Gasteiger partial charge in [0.25, 0.3) is 5.91 Å².